The van der Waals surface area contributed by atoms with E-state index >= 15 is 0 Å². The summed E-state index contributed by atoms with van der Waals surface area (Å²) < 4.78 is 5.62. The number of nitrogens with one attached hydrogen (secondary N) is 1. The molecule has 0 saturated carbocycles. The Morgan fingerprint density at radius 1 is 1.12 bits per heavy atom. The third-order valence-corrected chi connectivity index (χ3v) is 4.62. The Hall–Kier alpha value is -1.94. The van der Waals surface area contributed by atoms with Crippen LogP contribution in [0.4, 0.5) is 0 Å². The molecular weight excluding hydrogens is 318 g/mol. The van der Waals surface area contributed by atoms with Crippen LogP contribution in [-0.4, -0.2) is 24.8 Å². The minimum absolute atomic E-state index is 0.0821. The molecule has 0 aliphatic rings. The van der Waals surface area contributed by atoms with Crippen LogP contribution in [0.5, 0.6) is 5.75 Å². The number of aryl methyl sites for hydroxylation is 2. The highest BCUT2D eigenvalue weighted by Gasteiger charge is 2.04. The number of amides is 1. The molecule has 0 heterocycles. The van der Waals surface area contributed by atoms with Crippen LogP contribution in [0.1, 0.15) is 24.5 Å². The highest BCUT2D eigenvalue weighted by Crippen LogP contribution is 2.19. The van der Waals surface area contributed by atoms with Crippen molar-refractivity contribution >= 4 is 17.7 Å². The van der Waals surface area contributed by atoms with E-state index < -0.39 is 0 Å². The normalized spacial score (nSPS) is 10.4. The molecule has 1 amide bonds. The quantitative estimate of drug-likeness (QED) is 0.547. The lowest BCUT2D eigenvalue weighted by Gasteiger charge is -2.10. The third-order valence-electron chi connectivity index (χ3n) is 3.61. The second kappa shape index (κ2) is 10.0. The summed E-state index contributed by atoms with van der Waals surface area (Å²) in [6, 6.07) is 16.3. The molecule has 0 radical (unpaired) electrons. The Morgan fingerprint density at radius 2 is 1.88 bits per heavy atom. The van der Waals surface area contributed by atoms with E-state index in [0.29, 0.717) is 18.9 Å². The number of carbonyl (C=O) groups is 1. The molecule has 0 spiro atoms. The summed E-state index contributed by atoms with van der Waals surface area (Å²) in [6.45, 7) is 5.41. The highest BCUT2D eigenvalue weighted by molar-refractivity contribution is 8.00. The predicted octanol–water partition coefficient (Wildman–Crippen LogP) is 4.23. The molecule has 2 aromatic carbocycles. The largest absolute Gasteiger partial charge is 0.494 e. The van der Waals surface area contributed by atoms with Crippen molar-refractivity contribution in [1.29, 1.82) is 0 Å². The van der Waals surface area contributed by atoms with Gasteiger partial charge in [0, 0.05) is 11.4 Å². The summed E-state index contributed by atoms with van der Waals surface area (Å²) in [5.41, 5.74) is 2.43. The molecule has 0 unspecified atom stereocenters. The van der Waals surface area contributed by atoms with Crippen LogP contribution in [0.25, 0.3) is 0 Å². The minimum Gasteiger partial charge on any atom is -0.494 e. The smallest absolute Gasteiger partial charge is 0.230 e. The lowest BCUT2D eigenvalue weighted by molar-refractivity contribution is -0.118. The molecule has 0 aliphatic heterocycles. The van der Waals surface area contributed by atoms with Gasteiger partial charge in [0.05, 0.1) is 12.4 Å². The van der Waals surface area contributed by atoms with Gasteiger partial charge in [-0.25, -0.2) is 0 Å². The van der Waals surface area contributed by atoms with Crippen LogP contribution in [0.2, 0.25) is 0 Å². The predicted molar refractivity (Wildman–Crippen MR) is 101 cm³/mol. The van der Waals surface area contributed by atoms with Gasteiger partial charge < -0.3 is 10.1 Å². The summed E-state index contributed by atoms with van der Waals surface area (Å²) in [5, 5.41) is 2.99. The maximum absolute atomic E-state index is 11.9. The molecule has 0 fully saturated rings. The zero-order valence-corrected chi connectivity index (χ0v) is 15.2. The molecule has 24 heavy (non-hydrogen) atoms. The SMILES string of the molecule is CCOc1ccccc1CCCNC(=O)CSc1ccc(C)cc1. The zero-order valence-electron chi connectivity index (χ0n) is 14.4. The third kappa shape index (κ3) is 6.28. The Balaban J connectivity index is 1.67. The molecule has 0 aliphatic carbocycles. The first-order valence-electron chi connectivity index (χ1n) is 8.36. The number of hydrogen-bond acceptors (Lipinski definition) is 3. The van der Waals surface area contributed by atoms with Crippen LogP contribution >= 0.6 is 11.8 Å². The number of thioether (sulfide) groups is 1. The number of ether oxygens (including phenoxy) is 1. The minimum atomic E-state index is 0.0821. The lowest BCUT2D eigenvalue weighted by Crippen LogP contribution is -2.26. The van der Waals surface area contributed by atoms with Gasteiger partial charge in [0.15, 0.2) is 0 Å². The van der Waals surface area contributed by atoms with E-state index in [9.17, 15) is 4.79 Å². The van der Waals surface area contributed by atoms with Crippen molar-refractivity contribution in [2.75, 3.05) is 18.9 Å². The number of rotatable bonds is 9. The van der Waals surface area contributed by atoms with Gasteiger partial charge in [-0.3, -0.25) is 4.79 Å². The van der Waals surface area contributed by atoms with Crippen molar-refractivity contribution in [3.63, 3.8) is 0 Å². The van der Waals surface area contributed by atoms with E-state index in [1.165, 1.54) is 11.1 Å². The van der Waals surface area contributed by atoms with E-state index in [4.69, 9.17) is 4.74 Å². The first kappa shape index (κ1) is 18.4. The Kier molecular flexibility index (Phi) is 7.69. The van der Waals surface area contributed by atoms with E-state index in [1.807, 2.05) is 25.1 Å². The Bertz CT molecular complexity index is 640. The Labute approximate surface area is 148 Å². The molecule has 0 saturated heterocycles. The van der Waals surface area contributed by atoms with Gasteiger partial charge >= 0.3 is 0 Å². The van der Waals surface area contributed by atoms with Gasteiger partial charge in [-0.2, -0.15) is 0 Å². The highest BCUT2D eigenvalue weighted by atomic mass is 32.2. The molecule has 2 aromatic rings. The maximum Gasteiger partial charge on any atom is 0.230 e. The molecule has 128 valence electrons. The van der Waals surface area contributed by atoms with Gasteiger partial charge in [0.25, 0.3) is 0 Å². The monoisotopic (exact) mass is 343 g/mol. The van der Waals surface area contributed by atoms with Crippen molar-refractivity contribution < 1.29 is 9.53 Å². The van der Waals surface area contributed by atoms with Crippen molar-refractivity contribution in [1.82, 2.24) is 5.32 Å². The summed E-state index contributed by atoms with van der Waals surface area (Å²) in [6.07, 6.45) is 1.81. The van der Waals surface area contributed by atoms with Gasteiger partial charge in [0.1, 0.15) is 5.75 Å². The molecule has 1 N–H and O–H groups in total. The standard InChI is InChI=1S/C20H25NO2S/c1-3-23-19-9-5-4-7-17(19)8-6-14-21-20(22)15-24-18-12-10-16(2)11-13-18/h4-5,7,9-13H,3,6,8,14-15H2,1-2H3,(H,21,22). The fourth-order valence-electron chi connectivity index (χ4n) is 2.35. The molecule has 3 nitrogen and oxygen atoms in total. The fourth-order valence-corrected chi connectivity index (χ4v) is 3.08. The number of hydrogen-bond donors (Lipinski definition) is 1. The fraction of sp³-hybridized carbons (Fsp3) is 0.350. The lowest BCUT2D eigenvalue weighted by atomic mass is 10.1. The molecular formula is C20H25NO2S. The molecule has 2 rings (SSSR count). The van der Waals surface area contributed by atoms with Crippen molar-refractivity contribution in [2.24, 2.45) is 0 Å². The van der Waals surface area contributed by atoms with Crippen molar-refractivity contribution in [2.45, 2.75) is 31.6 Å². The molecule has 4 heteroatoms. The first-order valence-corrected chi connectivity index (χ1v) is 9.34. The second-order valence-corrected chi connectivity index (χ2v) is 6.64. The Morgan fingerprint density at radius 3 is 2.62 bits per heavy atom. The van der Waals surface area contributed by atoms with Crippen LogP contribution in [0.15, 0.2) is 53.4 Å². The van der Waals surface area contributed by atoms with Crippen LogP contribution in [-0.2, 0) is 11.2 Å². The average molecular weight is 343 g/mol. The average Bonchev–Trinajstić information content (AvgIpc) is 2.60. The van der Waals surface area contributed by atoms with Crippen molar-refractivity contribution in [3.8, 4) is 5.75 Å². The van der Waals surface area contributed by atoms with E-state index in [2.05, 4.69) is 42.6 Å². The first-order chi connectivity index (χ1) is 11.7. The summed E-state index contributed by atoms with van der Waals surface area (Å²) in [4.78, 5) is 13.0. The van der Waals surface area contributed by atoms with Crippen LogP contribution in [0, 0.1) is 6.92 Å². The molecule has 0 atom stereocenters. The van der Waals surface area contributed by atoms with Gasteiger partial charge in [-0.1, -0.05) is 35.9 Å². The number of carbonyl (C=O) groups excluding carboxylic acids is 1. The van der Waals surface area contributed by atoms with Crippen molar-refractivity contribution in [3.05, 3.63) is 59.7 Å². The summed E-state index contributed by atoms with van der Waals surface area (Å²) in [5.74, 6) is 1.48. The van der Waals surface area contributed by atoms with Crippen LogP contribution in [0.3, 0.4) is 0 Å². The van der Waals surface area contributed by atoms with E-state index in [1.54, 1.807) is 11.8 Å². The van der Waals surface area contributed by atoms with Gasteiger partial charge in [-0.15, -0.1) is 11.8 Å². The molecule has 0 bridgehead atoms. The van der Waals surface area contributed by atoms with E-state index in [0.717, 1.165) is 23.5 Å². The number of benzene rings is 2. The van der Waals surface area contributed by atoms with Gasteiger partial charge in [-0.05, 0) is 50.5 Å². The van der Waals surface area contributed by atoms with Crippen LogP contribution < -0.4 is 10.1 Å². The number of para-hydroxylation sites is 1. The zero-order chi connectivity index (χ0) is 17.2. The molecule has 0 aromatic heterocycles. The summed E-state index contributed by atoms with van der Waals surface area (Å²) in [7, 11) is 0. The summed E-state index contributed by atoms with van der Waals surface area (Å²) >= 11 is 1.57. The van der Waals surface area contributed by atoms with E-state index in [-0.39, 0.29) is 5.91 Å². The second-order valence-electron chi connectivity index (χ2n) is 5.60. The topological polar surface area (TPSA) is 38.3 Å². The van der Waals surface area contributed by atoms with Gasteiger partial charge in [0.2, 0.25) is 5.91 Å². The maximum atomic E-state index is 11.9.